The number of ketones is 1. The number of rotatable bonds is 9. The van der Waals surface area contributed by atoms with Crippen LogP contribution < -0.4 is 15.0 Å². The predicted molar refractivity (Wildman–Crippen MR) is 118 cm³/mol. The Labute approximate surface area is 197 Å². The summed E-state index contributed by atoms with van der Waals surface area (Å²) in [6, 6.07) is 8.03. The van der Waals surface area contributed by atoms with Gasteiger partial charge in [0, 0.05) is 11.8 Å². The van der Waals surface area contributed by atoms with Crippen LogP contribution in [-0.2, 0) is 22.3 Å². The van der Waals surface area contributed by atoms with Crippen LogP contribution in [0.1, 0.15) is 38.7 Å². The van der Waals surface area contributed by atoms with E-state index in [1.807, 2.05) is 0 Å². The van der Waals surface area contributed by atoms with Crippen molar-refractivity contribution in [1.82, 2.24) is 9.55 Å². The van der Waals surface area contributed by atoms with E-state index in [1.54, 1.807) is 0 Å². The number of nitrogens with zero attached hydrogens (tertiary/aromatic N) is 2. The number of aromatic nitrogens is 2. The molecule has 0 aliphatic rings. The Morgan fingerprint density at radius 3 is 2.49 bits per heavy atom. The van der Waals surface area contributed by atoms with Crippen molar-refractivity contribution in [3.8, 4) is 11.5 Å². The van der Waals surface area contributed by atoms with Gasteiger partial charge in [0.05, 0.1) is 32.7 Å². The zero-order valence-electron chi connectivity index (χ0n) is 19.0. The topological polar surface area (TPSA) is 96.7 Å². The van der Waals surface area contributed by atoms with Crippen LogP contribution in [0.25, 0.3) is 0 Å². The fourth-order valence-electron chi connectivity index (χ4n) is 3.58. The number of hydrogen-bond acceptors (Lipinski definition) is 7. The van der Waals surface area contributed by atoms with Crippen molar-refractivity contribution in [2.24, 2.45) is 0 Å². The van der Waals surface area contributed by atoms with Crippen LogP contribution >= 0.6 is 0 Å². The second kappa shape index (κ2) is 10.4. The summed E-state index contributed by atoms with van der Waals surface area (Å²) in [5.41, 5.74) is -1.63. The molecule has 0 fully saturated rings. The molecular weight excluding hydrogens is 469 g/mol. The predicted octanol–water partition coefficient (Wildman–Crippen LogP) is 3.73. The maximum absolute atomic E-state index is 13.3. The summed E-state index contributed by atoms with van der Waals surface area (Å²) in [6.07, 6.45) is -3.92. The smallest absolute Gasteiger partial charge is 0.416 e. The molecule has 0 spiro atoms. The minimum absolute atomic E-state index is 0.0453. The molecule has 1 atom stereocenters. The molecule has 184 valence electrons. The lowest BCUT2D eigenvalue weighted by molar-refractivity contribution is -0.138. The van der Waals surface area contributed by atoms with Gasteiger partial charge in [-0.1, -0.05) is 18.2 Å². The first-order valence-corrected chi connectivity index (χ1v) is 10.2. The molecule has 1 aromatic heterocycles. The average molecular weight is 490 g/mol. The van der Waals surface area contributed by atoms with Crippen LogP contribution in [0, 0.1) is 6.92 Å². The number of carbonyl (C=O) groups excluding carboxylic acids is 2. The molecule has 11 heteroatoms. The number of halogens is 3. The number of ether oxygens (including phenoxy) is 3. The maximum Gasteiger partial charge on any atom is 0.416 e. The van der Waals surface area contributed by atoms with E-state index in [0.29, 0.717) is 5.75 Å². The summed E-state index contributed by atoms with van der Waals surface area (Å²) in [4.78, 5) is 41.3. The highest BCUT2D eigenvalue weighted by Gasteiger charge is 2.33. The Hall–Kier alpha value is -4.15. The van der Waals surface area contributed by atoms with Crippen LogP contribution in [0.3, 0.4) is 0 Å². The summed E-state index contributed by atoms with van der Waals surface area (Å²) in [6.45, 7) is 1.12. The zero-order chi connectivity index (χ0) is 25.8. The van der Waals surface area contributed by atoms with Crippen molar-refractivity contribution >= 4 is 12.3 Å². The number of methoxy groups -OCH3 is 2. The Morgan fingerprint density at radius 1 is 1.14 bits per heavy atom. The minimum atomic E-state index is -4.56. The molecule has 35 heavy (non-hydrogen) atoms. The third-order valence-corrected chi connectivity index (χ3v) is 5.40. The number of benzene rings is 2. The van der Waals surface area contributed by atoms with Gasteiger partial charge in [0.25, 0.3) is 12.0 Å². The van der Waals surface area contributed by atoms with E-state index in [2.05, 4.69) is 4.98 Å². The van der Waals surface area contributed by atoms with Gasteiger partial charge in [0.15, 0.2) is 17.6 Å². The Morgan fingerprint density at radius 2 is 1.86 bits per heavy atom. The molecule has 0 aliphatic heterocycles. The van der Waals surface area contributed by atoms with Crippen molar-refractivity contribution in [3.63, 3.8) is 0 Å². The summed E-state index contributed by atoms with van der Waals surface area (Å²) >= 11 is 0. The molecule has 0 N–H and O–H groups in total. The lowest BCUT2D eigenvalue weighted by Gasteiger charge is -2.17. The van der Waals surface area contributed by atoms with Gasteiger partial charge in [-0.15, -0.1) is 0 Å². The highest BCUT2D eigenvalue weighted by Crippen LogP contribution is 2.33. The van der Waals surface area contributed by atoms with E-state index in [9.17, 15) is 27.6 Å². The summed E-state index contributed by atoms with van der Waals surface area (Å²) in [7, 11) is 2.81. The van der Waals surface area contributed by atoms with Gasteiger partial charge in [0.2, 0.25) is 5.78 Å². The lowest BCUT2D eigenvalue weighted by atomic mass is 10.0. The van der Waals surface area contributed by atoms with Crippen LogP contribution in [0.4, 0.5) is 13.2 Å². The highest BCUT2D eigenvalue weighted by atomic mass is 19.4. The summed E-state index contributed by atoms with van der Waals surface area (Å²) in [5, 5.41) is 0. The SMILES string of the molecule is COc1ccc(C(OC=O)C(=O)c2cncn(Cc3cccc(C(F)(F)F)c3C)c2=O)cc1OC. The van der Waals surface area contributed by atoms with Crippen LogP contribution in [0.15, 0.2) is 53.7 Å². The first-order chi connectivity index (χ1) is 16.6. The van der Waals surface area contributed by atoms with Gasteiger partial charge < -0.3 is 14.2 Å². The van der Waals surface area contributed by atoms with E-state index < -0.39 is 34.7 Å². The highest BCUT2D eigenvalue weighted by molar-refractivity contribution is 6.00. The van der Waals surface area contributed by atoms with E-state index in [0.717, 1.165) is 23.2 Å². The van der Waals surface area contributed by atoms with E-state index >= 15 is 0 Å². The molecule has 3 rings (SSSR count). The second-order valence-electron chi connectivity index (χ2n) is 7.42. The number of carbonyl (C=O) groups is 2. The second-order valence-corrected chi connectivity index (χ2v) is 7.42. The molecule has 3 aromatic rings. The summed E-state index contributed by atoms with van der Waals surface area (Å²) in [5.74, 6) is -0.230. The fourth-order valence-corrected chi connectivity index (χ4v) is 3.58. The van der Waals surface area contributed by atoms with Crippen molar-refractivity contribution in [3.05, 3.63) is 87.1 Å². The average Bonchev–Trinajstić information content (AvgIpc) is 2.83. The number of Topliss-reactive ketones (excluding diaryl/α,β-unsaturated/α-hetero) is 1. The number of alkyl halides is 3. The monoisotopic (exact) mass is 490 g/mol. The van der Waals surface area contributed by atoms with Crippen molar-refractivity contribution in [2.45, 2.75) is 25.7 Å². The van der Waals surface area contributed by atoms with Gasteiger partial charge in [0.1, 0.15) is 5.56 Å². The first kappa shape index (κ1) is 25.5. The van der Waals surface area contributed by atoms with Gasteiger partial charge in [-0.25, -0.2) is 4.98 Å². The fraction of sp³-hybridized carbons (Fsp3) is 0.250. The third kappa shape index (κ3) is 5.34. The van der Waals surface area contributed by atoms with Gasteiger partial charge in [-0.05, 0) is 36.2 Å². The zero-order valence-corrected chi connectivity index (χ0v) is 19.0. The number of hydrogen-bond donors (Lipinski definition) is 0. The molecule has 2 aromatic carbocycles. The molecule has 0 bridgehead atoms. The molecule has 8 nitrogen and oxygen atoms in total. The Bertz CT molecular complexity index is 1300. The van der Waals surface area contributed by atoms with Gasteiger partial charge in [-0.3, -0.25) is 19.0 Å². The Balaban J connectivity index is 2.00. The van der Waals surface area contributed by atoms with E-state index in [4.69, 9.17) is 14.2 Å². The van der Waals surface area contributed by atoms with E-state index in [-0.39, 0.29) is 35.5 Å². The molecular formula is C24H21F3N2O6. The largest absolute Gasteiger partial charge is 0.493 e. The molecule has 0 radical (unpaired) electrons. The lowest BCUT2D eigenvalue weighted by Crippen LogP contribution is -2.30. The quantitative estimate of drug-likeness (QED) is 0.333. The maximum atomic E-state index is 13.3. The first-order valence-electron chi connectivity index (χ1n) is 10.2. The standard InChI is InChI=1S/C24H21F3N2O6/c1-14-16(5-4-6-18(14)24(25,26)27)11-29-12-28-10-17(23(29)32)21(31)22(35-13-30)15-7-8-19(33-2)20(9-15)34-3/h4-10,12-13,22H,11H2,1-3H3. The molecule has 0 saturated carbocycles. The molecule has 0 amide bonds. The van der Waals surface area contributed by atoms with Gasteiger partial charge >= 0.3 is 6.18 Å². The molecule has 0 saturated heterocycles. The van der Waals surface area contributed by atoms with Gasteiger partial charge in [-0.2, -0.15) is 13.2 Å². The van der Waals surface area contributed by atoms with Crippen molar-refractivity contribution < 1.29 is 37.0 Å². The Kier molecular flexibility index (Phi) is 7.58. The van der Waals surface area contributed by atoms with Crippen LogP contribution in [0.2, 0.25) is 0 Å². The van der Waals surface area contributed by atoms with Crippen LogP contribution in [0.5, 0.6) is 11.5 Å². The van der Waals surface area contributed by atoms with Crippen LogP contribution in [-0.4, -0.2) is 36.0 Å². The van der Waals surface area contributed by atoms with Crippen molar-refractivity contribution in [2.75, 3.05) is 14.2 Å². The third-order valence-electron chi connectivity index (χ3n) is 5.40. The van der Waals surface area contributed by atoms with Crippen molar-refractivity contribution in [1.29, 1.82) is 0 Å². The molecule has 1 unspecified atom stereocenters. The van der Waals surface area contributed by atoms with E-state index in [1.165, 1.54) is 51.5 Å². The normalized spacial score (nSPS) is 12.1. The molecule has 1 heterocycles. The molecule has 0 aliphatic carbocycles. The minimum Gasteiger partial charge on any atom is -0.493 e. The summed E-state index contributed by atoms with van der Waals surface area (Å²) < 4.78 is 56.1.